The van der Waals surface area contributed by atoms with E-state index in [2.05, 4.69) is 26.5 Å². The van der Waals surface area contributed by atoms with Crippen LogP contribution in [0.2, 0.25) is 5.02 Å². The second kappa shape index (κ2) is 5.98. The van der Waals surface area contributed by atoms with Crippen molar-refractivity contribution in [2.75, 3.05) is 5.43 Å². The molecule has 2 aromatic rings. The molecule has 0 fully saturated rings. The molecule has 0 aliphatic carbocycles. The van der Waals surface area contributed by atoms with E-state index in [4.69, 9.17) is 11.6 Å². The Balaban J connectivity index is 2.13. The van der Waals surface area contributed by atoms with Crippen molar-refractivity contribution in [3.63, 3.8) is 0 Å². The molecule has 5 heteroatoms. The van der Waals surface area contributed by atoms with Crippen LogP contribution in [0, 0.1) is 5.82 Å². The first kappa shape index (κ1) is 13.1. The minimum Gasteiger partial charge on any atom is -0.279 e. The van der Waals surface area contributed by atoms with Crippen LogP contribution in [0.25, 0.3) is 0 Å². The predicted octanol–water partition coefficient (Wildman–Crippen LogP) is 4.69. The number of hydrogen-bond acceptors (Lipinski definition) is 2. The molecule has 0 radical (unpaired) electrons. The van der Waals surface area contributed by atoms with Gasteiger partial charge in [-0.1, -0.05) is 29.8 Å². The fraction of sp³-hybridized carbons (Fsp3) is 0. The van der Waals surface area contributed by atoms with E-state index in [9.17, 15) is 4.39 Å². The van der Waals surface area contributed by atoms with E-state index < -0.39 is 5.82 Å². The van der Waals surface area contributed by atoms with Gasteiger partial charge in [-0.2, -0.15) is 5.10 Å². The van der Waals surface area contributed by atoms with E-state index in [0.29, 0.717) is 10.6 Å². The second-order valence-electron chi connectivity index (χ2n) is 3.50. The number of hydrogen-bond donors (Lipinski definition) is 1. The maximum Gasteiger partial charge on any atom is 0.147 e. The summed E-state index contributed by atoms with van der Waals surface area (Å²) in [6.45, 7) is 0. The Morgan fingerprint density at radius 1 is 1.17 bits per heavy atom. The number of para-hydroxylation sites is 1. The summed E-state index contributed by atoms with van der Waals surface area (Å²) in [5.41, 5.74) is 4.00. The summed E-state index contributed by atoms with van der Waals surface area (Å²) in [4.78, 5) is 0. The van der Waals surface area contributed by atoms with Crippen molar-refractivity contribution < 1.29 is 4.39 Å². The third-order valence-corrected chi connectivity index (χ3v) is 3.55. The summed E-state index contributed by atoms with van der Waals surface area (Å²) in [5.74, 6) is -0.430. The van der Waals surface area contributed by atoms with Crippen molar-refractivity contribution in [2.45, 2.75) is 0 Å². The van der Waals surface area contributed by atoms with E-state index >= 15 is 0 Å². The van der Waals surface area contributed by atoms with Gasteiger partial charge in [-0.3, -0.25) is 5.43 Å². The number of rotatable bonds is 3. The van der Waals surface area contributed by atoms with E-state index in [1.54, 1.807) is 12.1 Å². The van der Waals surface area contributed by atoms with Gasteiger partial charge >= 0.3 is 0 Å². The quantitative estimate of drug-likeness (QED) is 0.494. The van der Waals surface area contributed by atoms with Gasteiger partial charge in [0, 0.05) is 5.56 Å². The van der Waals surface area contributed by atoms with Crippen molar-refractivity contribution >= 4 is 39.4 Å². The molecule has 2 rings (SSSR count). The number of benzene rings is 2. The van der Waals surface area contributed by atoms with Gasteiger partial charge in [0.05, 0.1) is 21.4 Å². The lowest BCUT2D eigenvalue weighted by molar-refractivity contribution is 0.619. The summed E-state index contributed by atoms with van der Waals surface area (Å²) in [6.07, 6.45) is 1.41. The Morgan fingerprint density at radius 2 is 1.89 bits per heavy atom. The van der Waals surface area contributed by atoms with Crippen LogP contribution in [-0.4, -0.2) is 6.21 Å². The van der Waals surface area contributed by atoms with E-state index in [1.807, 2.05) is 30.3 Å². The van der Waals surface area contributed by atoms with Crippen LogP contribution in [-0.2, 0) is 0 Å². The Kier molecular flexibility index (Phi) is 4.33. The van der Waals surface area contributed by atoms with Crippen molar-refractivity contribution in [1.29, 1.82) is 0 Å². The molecule has 0 aromatic heterocycles. The van der Waals surface area contributed by atoms with Crippen molar-refractivity contribution in [1.82, 2.24) is 0 Å². The van der Waals surface area contributed by atoms with E-state index in [1.165, 1.54) is 6.21 Å². The minimum atomic E-state index is -0.430. The average molecular weight is 328 g/mol. The SMILES string of the molecule is Fc1c(C=NNc2ccccc2)ccc(Cl)c1Br. The van der Waals surface area contributed by atoms with Gasteiger partial charge in [0.2, 0.25) is 0 Å². The van der Waals surface area contributed by atoms with Gasteiger partial charge in [-0.15, -0.1) is 0 Å². The Hall–Kier alpha value is -1.39. The van der Waals surface area contributed by atoms with Crippen molar-refractivity contribution in [3.05, 3.63) is 63.3 Å². The zero-order valence-electron chi connectivity index (χ0n) is 9.20. The molecule has 2 nitrogen and oxygen atoms in total. The van der Waals surface area contributed by atoms with Gasteiger partial charge < -0.3 is 0 Å². The minimum absolute atomic E-state index is 0.243. The molecule has 18 heavy (non-hydrogen) atoms. The Labute approximate surface area is 118 Å². The standard InChI is InChI=1S/C13H9BrClFN2/c14-12-11(15)7-6-9(13(12)16)8-17-18-10-4-2-1-3-5-10/h1-8,18H. The molecule has 0 atom stereocenters. The van der Waals surface area contributed by atoms with Crippen LogP contribution in [0.15, 0.2) is 52.0 Å². The van der Waals surface area contributed by atoms with Gasteiger partial charge in [0.25, 0.3) is 0 Å². The van der Waals surface area contributed by atoms with Crippen LogP contribution in [0.4, 0.5) is 10.1 Å². The van der Waals surface area contributed by atoms with Gasteiger partial charge in [-0.25, -0.2) is 4.39 Å². The Morgan fingerprint density at radius 3 is 2.61 bits per heavy atom. The highest BCUT2D eigenvalue weighted by molar-refractivity contribution is 9.10. The first-order chi connectivity index (χ1) is 8.68. The van der Waals surface area contributed by atoms with Gasteiger partial charge in [0.15, 0.2) is 0 Å². The number of hydrazone groups is 1. The van der Waals surface area contributed by atoms with Crippen molar-refractivity contribution in [3.8, 4) is 0 Å². The smallest absolute Gasteiger partial charge is 0.147 e. The largest absolute Gasteiger partial charge is 0.279 e. The molecule has 0 heterocycles. The lowest BCUT2D eigenvalue weighted by Crippen LogP contribution is -1.94. The van der Waals surface area contributed by atoms with E-state index in [0.717, 1.165) is 5.69 Å². The lowest BCUT2D eigenvalue weighted by Gasteiger charge is -2.02. The monoisotopic (exact) mass is 326 g/mol. The summed E-state index contributed by atoms with van der Waals surface area (Å²) >= 11 is 8.85. The summed E-state index contributed by atoms with van der Waals surface area (Å²) in [7, 11) is 0. The summed E-state index contributed by atoms with van der Waals surface area (Å²) in [6, 6.07) is 12.6. The third-order valence-electron chi connectivity index (χ3n) is 2.24. The van der Waals surface area contributed by atoms with Crippen LogP contribution in [0.1, 0.15) is 5.56 Å². The molecule has 1 N–H and O–H groups in total. The number of nitrogens with one attached hydrogen (secondary N) is 1. The summed E-state index contributed by atoms with van der Waals surface area (Å²) in [5, 5.41) is 4.30. The highest BCUT2D eigenvalue weighted by Crippen LogP contribution is 2.26. The van der Waals surface area contributed by atoms with Crippen LogP contribution >= 0.6 is 27.5 Å². The normalized spacial score (nSPS) is 10.8. The average Bonchev–Trinajstić information content (AvgIpc) is 2.40. The molecular weight excluding hydrogens is 319 g/mol. The highest BCUT2D eigenvalue weighted by Gasteiger charge is 2.07. The number of halogens is 3. The first-order valence-corrected chi connectivity index (χ1v) is 6.33. The third kappa shape index (κ3) is 3.09. The molecule has 0 aliphatic heterocycles. The second-order valence-corrected chi connectivity index (χ2v) is 4.70. The molecule has 0 spiro atoms. The number of anilines is 1. The van der Waals surface area contributed by atoms with Crippen LogP contribution in [0.5, 0.6) is 0 Å². The van der Waals surface area contributed by atoms with Gasteiger partial charge in [-0.05, 0) is 40.2 Å². The van der Waals surface area contributed by atoms with E-state index in [-0.39, 0.29) is 4.47 Å². The van der Waals surface area contributed by atoms with Gasteiger partial charge in [0.1, 0.15) is 5.82 Å². The molecule has 92 valence electrons. The maximum atomic E-state index is 13.7. The number of nitrogens with zero attached hydrogens (tertiary/aromatic N) is 1. The maximum absolute atomic E-state index is 13.7. The molecule has 0 amide bonds. The molecule has 0 unspecified atom stereocenters. The first-order valence-electron chi connectivity index (χ1n) is 5.16. The Bertz CT molecular complexity index is 573. The zero-order valence-corrected chi connectivity index (χ0v) is 11.5. The predicted molar refractivity (Wildman–Crippen MR) is 76.8 cm³/mol. The highest BCUT2D eigenvalue weighted by atomic mass is 79.9. The fourth-order valence-electron chi connectivity index (χ4n) is 1.33. The zero-order chi connectivity index (χ0) is 13.0. The molecular formula is C13H9BrClFN2. The molecule has 0 bridgehead atoms. The lowest BCUT2D eigenvalue weighted by atomic mass is 10.2. The molecule has 0 saturated heterocycles. The fourth-order valence-corrected chi connectivity index (χ4v) is 1.84. The van der Waals surface area contributed by atoms with Crippen LogP contribution in [0.3, 0.4) is 0 Å². The molecule has 0 aliphatic rings. The van der Waals surface area contributed by atoms with Crippen molar-refractivity contribution in [2.24, 2.45) is 5.10 Å². The van der Waals surface area contributed by atoms with Crippen LogP contribution < -0.4 is 5.43 Å². The molecule has 2 aromatic carbocycles. The summed E-state index contributed by atoms with van der Waals surface area (Å²) < 4.78 is 14.0. The molecule has 0 saturated carbocycles. The topological polar surface area (TPSA) is 24.4 Å².